The Morgan fingerprint density at radius 2 is 1.85 bits per heavy atom. The number of hydrogen-bond acceptors (Lipinski definition) is 3. The van der Waals surface area contributed by atoms with E-state index in [1.165, 1.54) is 18.4 Å². The van der Waals surface area contributed by atoms with E-state index in [4.69, 9.17) is 10.5 Å². The normalized spacial score (nSPS) is 19.1. The fourth-order valence-corrected chi connectivity index (χ4v) is 2.65. The van der Waals surface area contributed by atoms with Crippen LogP contribution in [0.3, 0.4) is 0 Å². The fourth-order valence-electron chi connectivity index (χ4n) is 2.65. The SMILES string of the molecule is CC1(CN)CCN(CCOCCc2ccccc2)CC1. The van der Waals surface area contributed by atoms with Gasteiger partial charge in [-0.3, -0.25) is 0 Å². The lowest BCUT2D eigenvalue weighted by atomic mass is 9.80. The molecule has 1 aliphatic rings. The van der Waals surface area contributed by atoms with E-state index in [1.54, 1.807) is 0 Å². The Hall–Kier alpha value is -0.900. The zero-order valence-electron chi connectivity index (χ0n) is 12.7. The molecule has 20 heavy (non-hydrogen) atoms. The van der Waals surface area contributed by atoms with Crippen LogP contribution >= 0.6 is 0 Å². The minimum Gasteiger partial charge on any atom is -0.380 e. The molecule has 3 heteroatoms. The number of likely N-dealkylation sites (tertiary alicyclic amines) is 1. The van der Waals surface area contributed by atoms with Crippen LogP contribution in [0.2, 0.25) is 0 Å². The molecular formula is C17H28N2O. The van der Waals surface area contributed by atoms with Crippen molar-refractivity contribution in [2.24, 2.45) is 11.1 Å². The molecule has 0 aromatic heterocycles. The highest BCUT2D eigenvalue weighted by molar-refractivity contribution is 5.14. The maximum atomic E-state index is 5.83. The minimum absolute atomic E-state index is 0.366. The van der Waals surface area contributed by atoms with Gasteiger partial charge in [-0.25, -0.2) is 0 Å². The van der Waals surface area contributed by atoms with E-state index in [-0.39, 0.29) is 0 Å². The summed E-state index contributed by atoms with van der Waals surface area (Å²) in [5, 5.41) is 0. The molecule has 0 aliphatic carbocycles. The van der Waals surface area contributed by atoms with E-state index >= 15 is 0 Å². The third-order valence-electron chi connectivity index (χ3n) is 4.49. The van der Waals surface area contributed by atoms with Crippen LogP contribution in [-0.2, 0) is 11.2 Å². The number of rotatable bonds is 7. The topological polar surface area (TPSA) is 38.5 Å². The van der Waals surface area contributed by atoms with Gasteiger partial charge in [0.2, 0.25) is 0 Å². The van der Waals surface area contributed by atoms with Gasteiger partial charge < -0.3 is 15.4 Å². The lowest BCUT2D eigenvalue weighted by Gasteiger charge is -2.38. The van der Waals surface area contributed by atoms with Crippen LogP contribution in [0.5, 0.6) is 0 Å². The van der Waals surface area contributed by atoms with Crippen LogP contribution < -0.4 is 5.73 Å². The molecule has 0 unspecified atom stereocenters. The summed E-state index contributed by atoms with van der Waals surface area (Å²) < 4.78 is 5.75. The zero-order valence-corrected chi connectivity index (χ0v) is 12.7. The Balaban J connectivity index is 1.54. The highest BCUT2D eigenvalue weighted by atomic mass is 16.5. The second-order valence-electron chi connectivity index (χ2n) is 6.20. The van der Waals surface area contributed by atoms with E-state index in [9.17, 15) is 0 Å². The molecule has 1 aromatic carbocycles. The number of nitrogens with zero attached hydrogens (tertiary/aromatic N) is 1. The Kier molecular flexibility index (Phi) is 6.02. The predicted octanol–water partition coefficient (Wildman–Crippen LogP) is 2.31. The summed E-state index contributed by atoms with van der Waals surface area (Å²) in [4.78, 5) is 2.50. The van der Waals surface area contributed by atoms with Crippen molar-refractivity contribution in [1.29, 1.82) is 0 Å². The highest BCUT2D eigenvalue weighted by Crippen LogP contribution is 2.29. The largest absolute Gasteiger partial charge is 0.380 e. The first-order valence-corrected chi connectivity index (χ1v) is 7.76. The second-order valence-corrected chi connectivity index (χ2v) is 6.20. The minimum atomic E-state index is 0.366. The molecular weight excluding hydrogens is 248 g/mol. The molecule has 0 saturated carbocycles. The molecule has 1 aliphatic heterocycles. The van der Waals surface area contributed by atoms with E-state index in [0.29, 0.717) is 5.41 Å². The number of ether oxygens (including phenoxy) is 1. The van der Waals surface area contributed by atoms with Crippen LogP contribution in [0.1, 0.15) is 25.3 Å². The van der Waals surface area contributed by atoms with Gasteiger partial charge in [-0.05, 0) is 49.9 Å². The van der Waals surface area contributed by atoms with Crippen molar-refractivity contribution in [1.82, 2.24) is 4.90 Å². The first-order chi connectivity index (χ1) is 9.72. The van der Waals surface area contributed by atoms with E-state index in [1.807, 2.05) is 0 Å². The molecule has 0 spiro atoms. The van der Waals surface area contributed by atoms with Gasteiger partial charge in [0, 0.05) is 6.54 Å². The smallest absolute Gasteiger partial charge is 0.0593 e. The van der Waals surface area contributed by atoms with Crippen LogP contribution in [0, 0.1) is 5.41 Å². The summed E-state index contributed by atoms with van der Waals surface area (Å²) in [6.45, 7) is 8.15. The second kappa shape index (κ2) is 7.77. The molecule has 1 fully saturated rings. The van der Waals surface area contributed by atoms with Crippen molar-refractivity contribution in [3.63, 3.8) is 0 Å². The maximum absolute atomic E-state index is 5.83. The molecule has 2 rings (SSSR count). The molecule has 0 atom stereocenters. The predicted molar refractivity (Wildman–Crippen MR) is 83.8 cm³/mol. The van der Waals surface area contributed by atoms with Gasteiger partial charge >= 0.3 is 0 Å². The van der Waals surface area contributed by atoms with E-state index in [0.717, 1.165) is 45.8 Å². The van der Waals surface area contributed by atoms with Crippen molar-refractivity contribution in [2.45, 2.75) is 26.2 Å². The first-order valence-electron chi connectivity index (χ1n) is 7.76. The molecule has 3 nitrogen and oxygen atoms in total. The Bertz CT molecular complexity index is 372. The zero-order chi connectivity index (χ0) is 14.3. The lowest BCUT2D eigenvalue weighted by molar-refractivity contribution is 0.0722. The number of benzene rings is 1. The summed E-state index contributed by atoms with van der Waals surface area (Å²) in [5.41, 5.74) is 7.55. The van der Waals surface area contributed by atoms with Crippen molar-refractivity contribution >= 4 is 0 Å². The van der Waals surface area contributed by atoms with Crippen molar-refractivity contribution < 1.29 is 4.74 Å². The molecule has 1 saturated heterocycles. The fraction of sp³-hybridized carbons (Fsp3) is 0.647. The lowest BCUT2D eigenvalue weighted by Crippen LogP contribution is -2.43. The Morgan fingerprint density at radius 3 is 2.50 bits per heavy atom. The molecule has 0 bridgehead atoms. The van der Waals surface area contributed by atoms with E-state index in [2.05, 4.69) is 42.2 Å². The summed E-state index contributed by atoms with van der Waals surface area (Å²) in [6, 6.07) is 10.5. The van der Waals surface area contributed by atoms with Crippen LogP contribution in [0.4, 0.5) is 0 Å². The number of hydrogen-bond donors (Lipinski definition) is 1. The third-order valence-corrected chi connectivity index (χ3v) is 4.49. The standard InChI is InChI=1S/C17H28N2O/c1-17(15-18)8-10-19(11-9-17)12-14-20-13-7-16-5-3-2-4-6-16/h2-6H,7-15,18H2,1H3. The van der Waals surface area contributed by atoms with Crippen LogP contribution in [0.25, 0.3) is 0 Å². The average molecular weight is 276 g/mol. The quantitative estimate of drug-likeness (QED) is 0.777. The maximum Gasteiger partial charge on any atom is 0.0593 e. The Morgan fingerprint density at radius 1 is 1.15 bits per heavy atom. The number of nitrogens with two attached hydrogens (primary N) is 1. The van der Waals surface area contributed by atoms with E-state index < -0.39 is 0 Å². The molecule has 0 amide bonds. The third kappa shape index (κ3) is 4.89. The Labute approximate surface area is 123 Å². The summed E-state index contributed by atoms with van der Waals surface area (Å²) >= 11 is 0. The average Bonchev–Trinajstić information content (AvgIpc) is 2.50. The molecule has 0 radical (unpaired) electrons. The van der Waals surface area contributed by atoms with Crippen molar-refractivity contribution in [2.75, 3.05) is 39.4 Å². The van der Waals surface area contributed by atoms with Gasteiger partial charge in [0.25, 0.3) is 0 Å². The van der Waals surface area contributed by atoms with Gasteiger partial charge in [-0.2, -0.15) is 0 Å². The van der Waals surface area contributed by atoms with Crippen LogP contribution in [0.15, 0.2) is 30.3 Å². The first kappa shape index (κ1) is 15.5. The van der Waals surface area contributed by atoms with Gasteiger partial charge in [0.15, 0.2) is 0 Å². The monoisotopic (exact) mass is 276 g/mol. The summed E-state index contributed by atoms with van der Waals surface area (Å²) in [7, 11) is 0. The number of piperidine rings is 1. The van der Waals surface area contributed by atoms with Gasteiger partial charge in [-0.15, -0.1) is 0 Å². The van der Waals surface area contributed by atoms with Gasteiger partial charge in [0.1, 0.15) is 0 Å². The molecule has 112 valence electrons. The molecule has 1 aromatic rings. The highest BCUT2D eigenvalue weighted by Gasteiger charge is 2.28. The van der Waals surface area contributed by atoms with Crippen LogP contribution in [-0.4, -0.2) is 44.3 Å². The van der Waals surface area contributed by atoms with Gasteiger partial charge in [0.05, 0.1) is 13.2 Å². The van der Waals surface area contributed by atoms with Crippen molar-refractivity contribution in [3.8, 4) is 0 Å². The molecule has 2 N–H and O–H groups in total. The summed E-state index contributed by atoms with van der Waals surface area (Å²) in [5.74, 6) is 0. The molecule has 1 heterocycles. The van der Waals surface area contributed by atoms with Crippen molar-refractivity contribution in [3.05, 3.63) is 35.9 Å². The van der Waals surface area contributed by atoms with Gasteiger partial charge in [-0.1, -0.05) is 37.3 Å². The summed E-state index contributed by atoms with van der Waals surface area (Å²) in [6.07, 6.45) is 3.44.